The van der Waals surface area contributed by atoms with Crippen LogP contribution in [-0.2, 0) is 0 Å². The van der Waals surface area contributed by atoms with Crippen molar-refractivity contribution in [1.82, 2.24) is 9.97 Å². The summed E-state index contributed by atoms with van der Waals surface area (Å²) in [5.74, 6) is 3.10. The van der Waals surface area contributed by atoms with Crippen LogP contribution in [0.4, 0.5) is 5.88 Å². The molecule has 2 atom stereocenters. The Bertz CT molecular complexity index is 1230. The van der Waals surface area contributed by atoms with Crippen LogP contribution in [0.1, 0.15) is 60.1 Å². The first kappa shape index (κ1) is 18.2. The van der Waals surface area contributed by atoms with Gasteiger partial charge in [-0.05, 0) is 42.9 Å². The van der Waals surface area contributed by atoms with Gasteiger partial charge in [0, 0.05) is 24.9 Å². The molecule has 1 aliphatic heterocycles. The number of oxazole rings is 2. The number of piperidine rings is 1. The van der Waals surface area contributed by atoms with E-state index < -0.39 is 0 Å². The van der Waals surface area contributed by atoms with Crippen molar-refractivity contribution in [3.63, 3.8) is 0 Å². The normalized spacial score (nSPS) is 21.3. The molecule has 0 unspecified atom stereocenters. The molecule has 0 radical (unpaired) electrons. The molecule has 31 heavy (non-hydrogen) atoms. The first-order chi connectivity index (χ1) is 15.3. The summed E-state index contributed by atoms with van der Waals surface area (Å²) in [7, 11) is 0. The largest absolute Gasteiger partial charge is 0.440 e. The van der Waals surface area contributed by atoms with Gasteiger partial charge >= 0.3 is 0 Å². The van der Waals surface area contributed by atoms with Crippen LogP contribution >= 0.6 is 0 Å². The molecule has 3 heterocycles. The molecule has 2 aliphatic rings. The Balaban J connectivity index is 1.17. The summed E-state index contributed by atoms with van der Waals surface area (Å²) in [6, 6.07) is 20.6. The highest BCUT2D eigenvalue weighted by Crippen LogP contribution is 2.55. The van der Waals surface area contributed by atoms with Crippen molar-refractivity contribution in [3.8, 4) is 6.07 Å². The van der Waals surface area contributed by atoms with E-state index in [1.54, 1.807) is 0 Å². The molecule has 6 nitrogen and oxygen atoms in total. The molecule has 0 N–H and O–H groups in total. The summed E-state index contributed by atoms with van der Waals surface area (Å²) in [5.41, 5.74) is 3.45. The Morgan fingerprint density at radius 1 is 0.871 bits per heavy atom. The van der Waals surface area contributed by atoms with Gasteiger partial charge in [0.15, 0.2) is 11.5 Å². The van der Waals surface area contributed by atoms with Gasteiger partial charge in [0.2, 0.25) is 17.5 Å². The van der Waals surface area contributed by atoms with Crippen molar-refractivity contribution in [2.45, 2.75) is 37.0 Å². The fraction of sp³-hybridized carbons (Fsp3) is 0.320. The monoisotopic (exact) mass is 410 g/mol. The number of anilines is 1. The fourth-order valence-electron chi connectivity index (χ4n) is 4.70. The standard InChI is InChI=1S/C25H22N4O2/c26-15-21-25(31-24(28-21)19-14-18(19)16-6-2-1-3-7-16)29-12-10-17(11-13-29)23-27-20-8-4-5-9-22(20)30-23/h1-9,17-19H,10-14H2/t18-,19-/m0/s1. The number of hydrogen-bond acceptors (Lipinski definition) is 6. The second-order valence-electron chi connectivity index (χ2n) is 8.46. The van der Waals surface area contributed by atoms with E-state index in [-0.39, 0.29) is 11.8 Å². The summed E-state index contributed by atoms with van der Waals surface area (Å²) in [4.78, 5) is 11.4. The van der Waals surface area contributed by atoms with Crippen LogP contribution in [0, 0.1) is 11.3 Å². The van der Waals surface area contributed by atoms with Crippen LogP contribution in [0.25, 0.3) is 11.1 Å². The van der Waals surface area contributed by atoms with Gasteiger partial charge < -0.3 is 13.7 Å². The second kappa shape index (κ2) is 7.28. The van der Waals surface area contributed by atoms with Crippen LogP contribution < -0.4 is 4.90 Å². The minimum absolute atomic E-state index is 0.264. The highest BCUT2D eigenvalue weighted by Gasteiger charge is 2.44. The predicted octanol–water partition coefficient (Wildman–Crippen LogP) is 5.34. The molecule has 2 aromatic carbocycles. The third-order valence-electron chi connectivity index (χ3n) is 6.51. The molecular formula is C25H22N4O2. The lowest BCUT2D eigenvalue weighted by atomic mass is 9.97. The lowest BCUT2D eigenvalue weighted by Crippen LogP contribution is -2.33. The third-order valence-corrected chi connectivity index (χ3v) is 6.51. The molecule has 4 aromatic rings. The van der Waals surface area contributed by atoms with Crippen LogP contribution in [0.2, 0.25) is 0 Å². The zero-order valence-corrected chi connectivity index (χ0v) is 17.1. The van der Waals surface area contributed by atoms with Crippen molar-refractivity contribution < 1.29 is 8.83 Å². The number of hydrogen-bond donors (Lipinski definition) is 0. The quantitative estimate of drug-likeness (QED) is 0.452. The minimum Gasteiger partial charge on any atom is -0.440 e. The molecule has 2 aromatic heterocycles. The molecule has 6 rings (SSSR count). The number of nitrogens with zero attached hydrogens (tertiary/aromatic N) is 4. The Labute approximate surface area is 180 Å². The molecule has 154 valence electrons. The van der Waals surface area contributed by atoms with Gasteiger partial charge in [-0.1, -0.05) is 42.5 Å². The van der Waals surface area contributed by atoms with Crippen molar-refractivity contribution >= 4 is 17.0 Å². The Hall–Kier alpha value is -3.59. The van der Waals surface area contributed by atoms with Crippen molar-refractivity contribution in [2.75, 3.05) is 18.0 Å². The van der Waals surface area contributed by atoms with Gasteiger partial charge in [0.1, 0.15) is 11.6 Å². The zero-order valence-electron chi connectivity index (χ0n) is 17.1. The zero-order chi connectivity index (χ0) is 20.8. The van der Waals surface area contributed by atoms with Gasteiger partial charge in [-0.3, -0.25) is 0 Å². The van der Waals surface area contributed by atoms with Crippen molar-refractivity contribution in [1.29, 1.82) is 5.26 Å². The van der Waals surface area contributed by atoms with Crippen LogP contribution in [0.3, 0.4) is 0 Å². The Kier molecular flexibility index (Phi) is 4.27. The number of rotatable bonds is 4. The Morgan fingerprint density at radius 3 is 2.42 bits per heavy atom. The van der Waals surface area contributed by atoms with Gasteiger partial charge in [-0.15, -0.1) is 0 Å². The minimum atomic E-state index is 0.264. The summed E-state index contributed by atoms with van der Waals surface area (Å²) in [6.45, 7) is 1.58. The van der Waals surface area contributed by atoms with E-state index >= 15 is 0 Å². The first-order valence-corrected chi connectivity index (χ1v) is 10.9. The highest BCUT2D eigenvalue weighted by molar-refractivity contribution is 5.72. The summed E-state index contributed by atoms with van der Waals surface area (Å²) in [6.07, 6.45) is 2.84. The second-order valence-corrected chi connectivity index (χ2v) is 8.46. The van der Waals surface area contributed by atoms with E-state index in [0.717, 1.165) is 49.3 Å². The third kappa shape index (κ3) is 3.27. The maximum atomic E-state index is 9.63. The van der Waals surface area contributed by atoms with Crippen LogP contribution in [0.15, 0.2) is 63.4 Å². The van der Waals surface area contributed by atoms with Gasteiger partial charge in [-0.2, -0.15) is 5.26 Å². The Morgan fingerprint density at radius 2 is 1.65 bits per heavy atom. The van der Waals surface area contributed by atoms with E-state index in [0.29, 0.717) is 23.4 Å². The molecule has 1 saturated heterocycles. The molecule has 1 saturated carbocycles. The van der Waals surface area contributed by atoms with Crippen molar-refractivity contribution in [3.05, 3.63) is 77.6 Å². The number of benzene rings is 2. The van der Waals surface area contributed by atoms with E-state index in [4.69, 9.17) is 8.83 Å². The molecule has 0 bridgehead atoms. The van der Waals surface area contributed by atoms with Crippen LogP contribution in [0.5, 0.6) is 0 Å². The molecular weight excluding hydrogens is 388 g/mol. The van der Waals surface area contributed by atoms with Crippen molar-refractivity contribution in [2.24, 2.45) is 0 Å². The number of fused-ring (bicyclic) bond motifs is 1. The van der Waals surface area contributed by atoms with Gasteiger partial charge in [0.25, 0.3) is 0 Å². The molecule has 0 spiro atoms. The summed E-state index contributed by atoms with van der Waals surface area (Å²) >= 11 is 0. The summed E-state index contributed by atoms with van der Waals surface area (Å²) in [5, 5.41) is 9.63. The van der Waals surface area contributed by atoms with E-state index in [2.05, 4.69) is 45.2 Å². The molecule has 0 amide bonds. The molecule has 1 aliphatic carbocycles. The highest BCUT2D eigenvalue weighted by atomic mass is 16.4. The first-order valence-electron chi connectivity index (χ1n) is 10.9. The topological polar surface area (TPSA) is 79.1 Å². The van der Waals surface area contributed by atoms with E-state index in [9.17, 15) is 5.26 Å². The van der Waals surface area contributed by atoms with Gasteiger partial charge in [0.05, 0.1) is 0 Å². The average molecular weight is 410 g/mol. The predicted molar refractivity (Wildman–Crippen MR) is 116 cm³/mol. The SMILES string of the molecule is N#Cc1nc([C@H]2C[C@H]2c2ccccc2)oc1N1CCC(c2nc3ccccc3o2)CC1. The molecule has 2 fully saturated rings. The van der Waals surface area contributed by atoms with E-state index in [1.165, 1.54) is 5.56 Å². The number of aromatic nitrogens is 2. The van der Waals surface area contributed by atoms with Crippen LogP contribution in [-0.4, -0.2) is 23.1 Å². The molecule has 6 heteroatoms. The summed E-state index contributed by atoms with van der Waals surface area (Å²) < 4.78 is 12.1. The number of para-hydroxylation sites is 2. The smallest absolute Gasteiger partial charge is 0.234 e. The lowest BCUT2D eigenvalue weighted by Gasteiger charge is -2.30. The maximum Gasteiger partial charge on any atom is 0.234 e. The average Bonchev–Trinajstić information content (AvgIpc) is 3.32. The fourth-order valence-corrected chi connectivity index (χ4v) is 4.70. The van der Waals surface area contributed by atoms with Gasteiger partial charge in [-0.25, -0.2) is 9.97 Å². The lowest BCUT2D eigenvalue weighted by molar-refractivity contribution is 0.392. The number of nitriles is 1. The van der Waals surface area contributed by atoms with E-state index in [1.807, 2.05) is 30.3 Å². The maximum absolute atomic E-state index is 9.63.